The van der Waals surface area contributed by atoms with Crippen molar-refractivity contribution in [1.29, 1.82) is 0 Å². The monoisotopic (exact) mass is 252 g/mol. The Balaban J connectivity index is 2.31. The second-order valence-corrected chi connectivity index (χ2v) is 4.23. The quantitative estimate of drug-likeness (QED) is 0.540. The number of allylic oxidation sites excluding steroid dienone is 1. The molecule has 1 saturated heterocycles. The molecule has 0 saturated carbocycles. The molecule has 0 aromatic rings. The minimum absolute atomic E-state index is 0.109. The molecule has 6 heteroatoms. The zero-order valence-electron chi connectivity index (χ0n) is 9.41. The number of esters is 1. The van der Waals surface area contributed by atoms with Crippen molar-refractivity contribution in [2.45, 2.75) is 19.1 Å². The van der Waals surface area contributed by atoms with Crippen LogP contribution in [0.5, 0.6) is 0 Å². The Labute approximate surface area is 103 Å². The van der Waals surface area contributed by atoms with Gasteiger partial charge < -0.3 is 19.7 Å². The molecule has 2 aliphatic rings. The van der Waals surface area contributed by atoms with E-state index in [-0.39, 0.29) is 12.0 Å². The summed E-state index contributed by atoms with van der Waals surface area (Å²) in [7, 11) is 0. The minimum atomic E-state index is -1.34. The fraction of sp³-hybridized carbons (Fsp3) is 0.417. The van der Waals surface area contributed by atoms with Crippen LogP contribution in [0.4, 0.5) is 0 Å². The molecular weight excluding hydrogens is 240 g/mol. The van der Waals surface area contributed by atoms with Gasteiger partial charge in [0.25, 0.3) is 0 Å². The Bertz CT molecular complexity index is 461. The summed E-state index contributed by atoms with van der Waals surface area (Å²) in [6.07, 6.45) is 2.78. The number of ether oxygens (including phenoxy) is 1. The summed E-state index contributed by atoms with van der Waals surface area (Å²) < 4.78 is 4.61. The molecule has 0 spiro atoms. The van der Waals surface area contributed by atoms with Gasteiger partial charge in [-0.1, -0.05) is 12.2 Å². The number of aldehydes is 1. The Morgan fingerprint density at radius 2 is 2.17 bits per heavy atom. The van der Waals surface area contributed by atoms with Crippen molar-refractivity contribution in [2.24, 2.45) is 11.8 Å². The first-order valence-electron chi connectivity index (χ1n) is 5.54. The summed E-state index contributed by atoms with van der Waals surface area (Å²) in [5, 5.41) is 18.6. The predicted octanol–water partition coefficient (Wildman–Crippen LogP) is 0.0241. The van der Waals surface area contributed by atoms with Crippen LogP contribution in [0, 0.1) is 11.8 Å². The van der Waals surface area contributed by atoms with E-state index in [1.807, 2.05) is 0 Å². The van der Waals surface area contributed by atoms with E-state index < -0.39 is 30.1 Å². The molecule has 1 aliphatic heterocycles. The minimum Gasteiger partial charge on any atom is -0.481 e. The number of aliphatic hydroxyl groups excluding tert-OH is 1. The number of cyclic esters (lactones) is 1. The van der Waals surface area contributed by atoms with Crippen LogP contribution in [-0.2, 0) is 19.1 Å². The molecule has 0 aromatic heterocycles. The highest BCUT2D eigenvalue weighted by Crippen LogP contribution is 2.36. The summed E-state index contributed by atoms with van der Waals surface area (Å²) >= 11 is 0. The van der Waals surface area contributed by atoms with Crippen LogP contribution in [0.1, 0.15) is 12.8 Å². The standard InChI is InChI=1S/C12H12O6/c13-3-1-2-6-4-8-9(5-7(6)10(14)15)12(17)18-11(8)16/h3-7,11,16H,1-2H2,(H,14,15). The van der Waals surface area contributed by atoms with Crippen molar-refractivity contribution in [3.05, 3.63) is 23.3 Å². The fourth-order valence-corrected chi connectivity index (χ4v) is 2.23. The van der Waals surface area contributed by atoms with Gasteiger partial charge in [-0.25, -0.2) is 4.79 Å². The molecule has 0 bridgehead atoms. The largest absolute Gasteiger partial charge is 0.481 e. The zero-order chi connectivity index (χ0) is 13.3. The maximum Gasteiger partial charge on any atom is 0.340 e. The highest BCUT2D eigenvalue weighted by molar-refractivity contribution is 5.98. The van der Waals surface area contributed by atoms with E-state index in [4.69, 9.17) is 5.11 Å². The lowest BCUT2D eigenvalue weighted by Gasteiger charge is -2.22. The number of rotatable bonds is 4. The molecule has 18 heavy (non-hydrogen) atoms. The molecule has 3 atom stereocenters. The molecule has 1 heterocycles. The molecule has 2 rings (SSSR count). The Hall–Kier alpha value is -1.95. The van der Waals surface area contributed by atoms with E-state index >= 15 is 0 Å². The lowest BCUT2D eigenvalue weighted by atomic mass is 9.80. The Morgan fingerprint density at radius 1 is 1.44 bits per heavy atom. The smallest absolute Gasteiger partial charge is 0.340 e. The Morgan fingerprint density at radius 3 is 2.78 bits per heavy atom. The van der Waals surface area contributed by atoms with E-state index in [1.165, 1.54) is 12.2 Å². The van der Waals surface area contributed by atoms with Crippen LogP contribution in [0.25, 0.3) is 0 Å². The Kier molecular flexibility index (Phi) is 3.29. The molecule has 6 nitrogen and oxygen atoms in total. The summed E-state index contributed by atoms with van der Waals surface area (Å²) in [6.45, 7) is 0. The van der Waals surface area contributed by atoms with Gasteiger partial charge in [0.1, 0.15) is 6.29 Å². The van der Waals surface area contributed by atoms with Crippen LogP contribution < -0.4 is 0 Å². The van der Waals surface area contributed by atoms with Gasteiger partial charge in [-0.05, 0) is 12.3 Å². The van der Waals surface area contributed by atoms with Crippen molar-refractivity contribution in [3.8, 4) is 0 Å². The summed E-state index contributed by atoms with van der Waals surface area (Å²) in [4.78, 5) is 32.9. The topological polar surface area (TPSA) is 101 Å². The molecule has 96 valence electrons. The number of carbonyl (C=O) groups is 3. The van der Waals surface area contributed by atoms with Crippen LogP contribution >= 0.6 is 0 Å². The molecule has 1 aliphatic carbocycles. The van der Waals surface area contributed by atoms with E-state index in [9.17, 15) is 19.5 Å². The fourth-order valence-electron chi connectivity index (χ4n) is 2.23. The van der Waals surface area contributed by atoms with Gasteiger partial charge in [0.15, 0.2) is 0 Å². The number of carbonyl (C=O) groups excluding carboxylic acids is 2. The number of carboxylic acids is 1. The van der Waals surface area contributed by atoms with Gasteiger partial charge in [0.2, 0.25) is 6.29 Å². The SMILES string of the molecule is O=CCCC1C=C2C(=CC1C(=O)O)C(=O)OC2O. The highest BCUT2D eigenvalue weighted by Gasteiger charge is 2.40. The van der Waals surface area contributed by atoms with Crippen molar-refractivity contribution in [2.75, 3.05) is 0 Å². The van der Waals surface area contributed by atoms with Crippen LogP contribution in [-0.4, -0.2) is 34.7 Å². The lowest BCUT2D eigenvalue weighted by molar-refractivity contribution is -0.149. The van der Waals surface area contributed by atoms with E-state index in [1.54, 1.807) is 0 Å². The average molecular weight is 252 g/mol. The first-order chi connectivity index (χ1) is 8.54. The number of aliphatic carboxylic acids is 1. The molecule has 0 radical (unpaired) electrons. The molecule has 1 fully saturated rings. The van der Waals surface area contributed by atoms with Crippen molar-refractivity contribution in [1.82, 2.24) is 0 Å². The van der Waals surface area contributed by atoms with Gasteiger partial charge in [0.05, 0.1) is 11.5 Å². The number of hydrogen-bond acceptors (Lipinski definition) is 5. The van der Waals surface area contributed by atoms with Gasteiger partial charge in [0, 0.05) is 12.0 Å². The summed E-state index contributed by atoms with van der Waals surface area (Å²) in [6, 6.07) is 0. The van der Waals surface area contributed by atoms with Gasteiger partial charge >= 0.3 is 11.9 Å². The average Bonchev–Trinajstić information content (AvgIpc) is 2.61. The van der Waals surface area contributed by atoms with Crippen LogP contribution in [0.2, 0.25) is 0 Å². The lowest BCUT2D eigenvalue weighted by Crippen LogP contribution is -2.25. The number of carboxylic acid groups (broad SMARTS) is 1. The molecule has 3 unspecified atom stereocenters. The van der Waals surface area contributed by atoms with Gasteiger partial charge in [-0.15, -0.1) is 0 Å². The first-order valence-corrected chi connectivity index (χ1v) is 5.54. The summed E-state index contributed by atoms with van der Waals surface area (Å²) in [5.74, 6) is -3.08. The third-order valence-electron chi connectivity index (χ3n) is 3.12. The summed E-state index contributed by atoms with van der Waals surface area (Å²) in [5.41, 5.74) is 0.408. The highest BCUT2D eigenvalue weighted by atomic mass is 16.6. The van der Waals surface area contributed by atoms with E-state index in [0.717, 1.165) is 0 Å². The number of hydrogen-bond donors (Lipinski definition) is 2. The van der Waals surface area contributed by atoms with Crippen molar-refractivity contribution >= 4 is 18.2 Å². The maximum absolute atomic E-state index is 11.4. The van der Waals surface area contributed by atoms with Crippen LogP contribution in [0.15, 0.2) is 23.3 Å². The molecule has 0 amide bonds. The van der Waals surface area contributed by atoms with Crippen molar-refractivity contribution < 1.29 is 29.3 Å². The van der Waals surface area contributed by atoms with Crippen LogP contribution in [0.3, 0.4) is 0 Å². The second kappa shape index (κ2) is 4.73. The number of fused-ring (bicyclic) bond motifs is 1. The van der Waals surface area contributed by atoms with Gasteiger partial charge in [-0.2, -0.15) is 0 Å². The van der Waals surface area contributed by atoms with Crippen molar-refractivity contribution in [3.63, 3.8) is 0 Å². The van der Waals surface area contributed by atoms with E-state index in [0.29, 0.717) is 18.3 Å². The second-order valence-electron chi connectivity index (χ2n) is 4.23. The normalized spacial score (nSPS) is 30.1. The molecular formula is C12H12O6. The third-order valence-corrected chi connectivity index (χ3v) is 3.12. The third kappa shape index (κ3) is 2.06. The molecule has 2 N–H and O–H groups in total. The van der Waals surface area contributed by atoms with E-state index in [2.05, 4.69) is 4.74 Å². The zero-order valence-corrected chi connectivity index (χ0v) is 9.41. The molecule has 0 aromatic carbocycles. The maximum atomic E-state index is 11.4. The first kappa shape index (κ1) is 12.5. The van der Waals surface area contributed by atoms with Gasteiger partial charge in [-0.3, -0.25) is 4.79 Å². The number of aliphatic hydroxyl groups is 1. The predicted molar refractivity (Wildman–Crippen MR) is 58.2 cm³/mol.